The molecule has 2 N–H and O–H groups in total. The number of ether oxygens (including phenoxy) is 2. The van der Waals surface area contributed by atoms with E-state index in [4.69, 9.17) is 15.2 Å². The van der Waals surface area contributed by atoms with E-state index in [2.05, 4.69) is 5.10 Å². The van der Waals surface area contributed by atoms with Gasteiger partial charge < -0.3 is 19.3 Å². The summed E-state index contributed by atoms with van der Waals surface area (Å²) >= 11 is 0. The van der Waals surface area contributed by atoms with Crippen molar-refractivity contribution in [3.63, 3.8) is 0 Å². The lowest BCUT2D eigenvalue weighted by molar-refractivity contribution is -0.135. The Labute approximate surface area is 215 Å². The third-order valence-electron chi connectivity index (χ3n) is 7.25. The number of fused-ring (bicyclic) bond motifs is 1. The molecule has 10 heteroatoms. The Balaban J connectivity index is 1.47. The van der Waals surface area contributed by atoms with Crippen molar-refractivity contribution in [2.45, 2.75) is 38.3 Å². The summed E-state index contributed by atoms with van der Waals surface area (Å²) in [5.41, 5.74) is 7.47. The van der Waals surface area contributed by atoms with Gasteiger partial charge in [-0.3, -0.25) is 15.3 Å². The fourth-order valence-electron chi connectivity index (χ4n) is 5.31. The second-order valence-corrected chi connectivity index (χ2v) is 9.36. The van der Waals surface area contributed by atoms with Crippen LogP contribution in [0.1, 0.15) is 32.6 Å². The zero-order chi connectivity index (χ0) is 26.2. The summed E-state index contributed by atoms with van der Waals surface area (Å²) in [6.45, 7) is 2.97. The van der Waals surface area contributed by atoms with Gasteiger partial charge in [0.05, 0.1) is 25.3 Å². The summed E-state index contributed by atoms with van der Waals surface area (Å²) in [5, 5.41) is 5.96. The van der Waals surface area contributed by atoms with Gasteiger partial charge in [0, 0.05) is 30.9 Å². The van der Waals surface area contributed by atoms with Crippen LogP contribution in [-0.2, 0) is 19.1 Å². The molecule has 10 nitrogen and oxygen atoms in total. The topological polar surface area (TPSA) is 118 Å². The molecule has 3 heterocycles. The molecule has 0 bridgehead atoms. The Bertz CT molecular complexity index is 1230. The van der Waals surface area contributed by atoms with Crippen LogP contribution >= 0.6 is 0 Å². The van der Waals surface area contributed by atoms with Crippen molar-refractivity contribution in [1.29, 1.82) is 0 Å². The van der Waals surface area contributed by atoms with E-state index < -0.39 is 17.6 Å². The molecule has 0 saturated carbocycles. The van der Waals surface area contributed by atoms with Crippen molar-refractivity contribution < 1.29 is 23.9 Å². The molecule has 37 heavy (non-hydrogen) atoms. The van der Waals surface area contributed by atoms with Crippen LogP contribution in [0.4, 0.5) is 17.1 Å². The first-order valence-electron chi connectivity index (χ1n) is 12.6. The third-order valence-corrected chi connectivity index (χ3v) is 7.25. The monoisotopic (exact) mass is 505 g/mol. The van der Waals surface area contributed by atoms with Crippen molar-refractivity contribution >= 4 is 40.6 Å². The van der Waals surface area contributed by atoms with Crippen LogP contribution in [0.5, 0.6) is 5.75 Å². The largest absolute Gasteiger partial charge is 0.497 e. The SMILES string of the molecule is CCOC(=O)C1=NN(c2ccc(OC)cc2)C2(N)C(=O)N(c3ccc(N4CCCCC4=O)cc3)CCC12. The van der Waals surface area contributed by atoms with Crippen molar-refractivity contribution in [1.82, 2.24) is 0 Å². The zero-order valence-electron chi connectivity index (χ0n) is 21.1. The molecule has 0 aromatic heterocycles. The predicted molar refractivity (Wildman–Crippen MR) is 140 cm³/mol. The summed E-state index contributed by atoms with van der Waals surface area (Å²) < 4.78 is 10.5. The number of carbonyl (C=O) groups is 3. The highest BCUT2D eigenvalue weighted by atomic mass is 16.5. The van der Waals surface area contributed by atoms with Crippen molar-refractivity contribution in [2.75, 3.05) is 41.6 Å². The quantitative estimate of drug-likeness (QED) is 0.600. The van der Waals surface area contributed by atoms with E-state index in [-0.39, 0.29) is 24.1 Å². The van der Waals surface area contributed by atoms with E-state index in [1.807, 2.05) is 24.3 Å². The minimum Gasteiger partial charge on any atom is -0.497 e. The molecular formula is C27H31N5O5. The number of hydrogen-bond donors (Lipinski definition) is 1. The van der Waals surface area contributed by atoms with Gasteiger partial charge >= 0.3 is 5.97 Å². The lowest BCUT2D eigenvalue weighted by atomic mass is 9.81. The summed E-state index contributed by atoms with van der Waals surface area (Å²) in [6, 6.07) is 14.4. The number of nitrogens with zero attached hydrogens (tertiary/aromatic N) is 4. The van der Waals surface area contributed by atoms with Crippen molar-refractivity contribution in [3.05, 3.63) is 48.5 Å². The minimum absolute atomic E-state index is 0.113. The van der Waals surface area contributed by atoms with Crippen LogP contribution < -0.4 is 25.3 Å². The maximum absolute atomic E-state index is 14.0. The Kier molecular flexibility index (Phi) is 6.59. The van der Waals surface area contributed by atoms with Gasteiger partial charge in [-0.2, -0.15) is 5.10 Å². The molecule has 0 aliphatic carbocycles. The molecule has 2 fully saturated rings. The number of esters is 1. The van der Waals surface area contributed by atoms with Gasteiger partial charge in [0.15, 0.2) is 11.4 Å². The number of rotatable bonds is 6. The maximum Gasteiger partial charge on any atom is 0.354 e. The maximum atomic E-state index is 14.0. The molecule has 2 saturated heterocycles. The van der Waals surface area contributed by atoms with Crippen molar-refractivity contribution in [2.24, 2.45) is 16.8 Å². The highest BCUT2D eigenvalue weighted by Gasteiger charge is 2.60. The number of piperidine rings is 2. The van der Waals surface area contributed by atoms with Crippen LogP contribution in [0.25, 0.3) is 0 Å². The molecular weight excluding hydrogens is 474 g/mol. The smallest absolute Gasteiger partial charge is 0.354 e. The zero-order valence-corrected chi connectivity index (χ0v) is 21.1. The summed E-state index contributed by atoms with van der Waals surface area (Å²) in [4.78, 5) is 42.6. The molecule has 2 atom stereocenters. The molecule has 2 unspecified atom stereocenters. The second kappa shape index (κ2) is 9.85. The molecule has 2 aromatic carbocycles. The van der Waals surface area contributed by atoms with E-state index in [0.29, 0.717) is 43.1 Å². The fourth-order valence-corrected chi connectivity index (χ4v) is 5.31. The lowest BCUT2D eigenvalue weighted by Crippen LogP contribution is -2.70. The first kappa shape index (κ1) is 24.8. The Hall–Kier alpha value is -3.92. The number of anilines is 3. The summed E-state index contributed by atoms with van der Waals surface area (Å²) in [6.07, 6.45) is 2.86. The van der Waals surface area contributed by atoms with Crippen LogP contribution in [0.15, 0.2) is 53.6 Å². The van der Waals surface area contributed by atoms with Crippen LogP contribution in [0.3, 0.4) is 0 Å². The molecule has 3 aliphatic heterocycles. The Morgan fingerprint density at radius 2 is 1.65 bits per heavy atom. The molecule has 5 rings (SSSR count). The average Bonchev–Trinajstić information content (AvgIpc) is 3.24. The van der Waals surface area contributed by atoms with E-state index >= 15 is 0 Å². The van der Waals surface area contributed by atoms with E-state index in [9.17, 15) is 14.4 Å². The predicted octanol–water partition coefficient (Wildman–Crippen LogP) is 2.66. The Morgan fingerprint density at radius 3 is 2.27 bits per heavy atom. The highest BCUT2D eigenvalue weighted by Crippen LogP contribution is 2.42. The van der Waals surface area contributed by atoms with E-state index in [1.54, 1.807) is 48.1 Å². The van der Waals surface area contributed by atoms with Gasteiger partial charge in [-0.25, -0.2) is 9.80 Å². The molecule has 0 radical (unpaired) electrons. The van der Waals surface area contributed by atoms with Gasteiger partial charge in [-0.1, -0.05) is 0 Å². The number of nitrogens with two attached hydrogens (primary N) is 1. The van der Waals surface area contributed by atoms with Gasteiger partial charge in [-0.05, 0) is 74.7 Å². The highest BCUT2D eigenvalue weighted by molar-refractivity contribution is 6.40. The number of carbonyl (C=O) groups excluding carboxylic acids is 3. The van der Waals surface area contributed by atoms with Gasteiger partial charge in [0.1, 0.15) is 5.75 Å². The van der Waals surface area contributed by atoms with Crippen LogP contribution in [0, 0.1) is 5.92 Å². The number of amides is 2. The number of hydrogen-bond acceptors (Lipinski definition) is 8. The van der Waals surface area contributed by atoms with Crippen LogP contribution in [0.2, 0.25) is 0 Å². The minimum atomic E-state index is -1.61. The van der Waals surface area contributed by atoms with E-state index in [0.717, 1.165) is 18.5 Å². The number of hydrazone groups is 1. The molecule has 194 valence electrons. The molecule has 2 aromatic rings. The first-order valence-corrected chi connectivity index (χ1v) is 12.6. The standard InChI is InChI=1S/C27H31N5O5/c1-3-37-25(34)24-22-15-17-31(19-9-7-18(8-10-19)30-16-5-4-6-23(30)33)26(35)27(22,28)32(29-24)20-11-13-21(36-2)14-12-20/h7-14,22H,3-6,15-17,28H2,1-2H3. The molecule has 3 aliphatic rings. The van der Waals surface area contributed by atoms with Gasteiger partial charge in [-0.15, -0.1) is 0 Å². The molecule has 0 spiro atoms. The number of benzene rings is 2. The first-order chi connectivity index (χ1) is 17.9. The van der Waals surface area contributed by atoms with Crippen molar-refractivity contribution in [3.8, 4) is 5.75 Å². The normalized spacial score (nSPS) is 23.6. The Morgan fingerprint density at radius 1 is 1.00 bits per heavy atom. The number of methoxy groups -OCH3 is 1. The average molecular weight is 506 g/mol. The van der Waals surface area contributed by atoms with Crippen LogP contribution in [-0.4, -0.2) is 56.0 Å². The van der Waals surface area contributed by atoms with E-state index in [1.165, 1.54) is 5.01 Å². The summed E-state index contributed by atoms with van der Waals surface area (Å²) in [7, 11) is 1.57. The summed E-state index contributed by atoms with van der Waals surface area (Å²) in [5.74, 6) is -0.826. The van der Waals surface area contributed by atoms with Gasteiger partial charge in [0.25, 0.3) is 5.91 Å². The van der Waals surface area contributed by atoms with Gasteiger partial charge in [0.2, 0.25) is 5.91 Å². The third kappa shape index (κ3) is 4.21. The lowest BCUT2D eigenvalue weighted by Gasteiger charge is -2.44. The second-order valence-electron chi connectivity index (χ2n) is 9.36. The fraction of sp³-hybridized carbons (Fsp3) is 0.407. The molecule has 2 amide bonds.